The molecule has 7 N–H and O–H groups in total. The van der Waals surface area contributed by atoms with Crippen LogP contribution in [0.3, 0.4) is 0 Å². The number of aliphatic carboxylic acids is 1. The first-order chi connectivity index (χ1) is 30.3. The van der Waals surface area contributed by atoms with E-state index >= 15 is 0 Å². The van der Waals surface area contributed by atoms with E-state index in [-0.39, 0.29) is 48.3 Å². The summed E-state index contributed by atoms with van der Waals surface area (Å²) in [5.74, 6) is -3.95. The molecule has 4 fully saturated rings. The Kier molecular flexibility index (Phi) is 13.9. The number of nitrogens with one attached hydrogen (secondary N) is 3. The Labute approximate surface area is 376 Å². The molecule has 7 rings (SSSR count). The molecule has 1 aliphatic heterocycles. The van der Waals surface area contributed by atoms with Crippen molar-refractivity contribution in [3.63, 3.8) is 0 Å². The number of alkyl halides is 1. The number of allylic oxidation sites excluding steroid dienone is 4. The van der Waals surface area contributed by atoms with Gasteiger partial charge in [-0.15, -0.1) is 0 Å². The number of anilines is 1. The molecular formula is C44H51BrN3O15P. The molecule has 20 heteroatoms. The number of halogens is 1. The summed E-state index contributed by atoms with van der Waals surface area (Å²) in [5, 5.41) is 28.7. The molecule has 0 radical (unpaired) electrons. The summed E-state index contributed by atoms with van der Waals surface area (Å²) >= 11 is 2.98. The molecule has 10 atom stereocenters. The SMILES string of the molecule is C[C@]12C=CC(=O)C=C1CC[C@@H]1[C@@H]2[C@@H](O)C[C@@]2(C)[C@H]1C[C@H]1O[C@@H](c3cccc(COc4cccc(NC(=O)[C@H](CCC(=O)O)NC(=O)CNC(=O)CBr)c4)c3)O[C@]12C(=O)COP(=O)(O)O. The Balaban J connectivity index is 1.06. The number of aliphatic hydroxyl groups is 1. The second-order valence-corrected chi connectivity index (χ2v) is 19.3. The summed E-state index contributed by atoms with van der Waals surface area (Å²) < 4.78 is 36.1. The minimum atomic E-state index is -5.06. The first kappa shape index (κ1) is 47.4. The van der Waals surface area contributed by atoms with Crippen LogP contribution in [0.25, 0.3) is 0 Å². The fraction of sp³-hybridized carbons (Fsp3) is 0.500. The van der Waals surface area contributed by atoms with Crippen LogP contribution in [-0.2, 0) is 53.9 Å². The molecule has 5 aliphatic rings. The zero-order valence-electron chi connectivity index (χ0n) is 35.1. The zero-order valence-corrected chi connectivity index (χ0v) is 37.5. The maximum absolute atomic E-state index is 14.4. The molecule has 1 saturated heterocycles. The maximum Gasteiger partial charge on any atom is 0.470 e. The van der Waals surface area contributed by atoms with Crippen LogP contribution in [0.5, 0.6) is 5.75 Å². The molecule has 2 aromatic rings. The van der Waals surface area contributed by atoms with Crippen LogP contribution in [0.1, 0.15) is 69.8 Å². The van der Waals surface area contributed by atoms with Crippen molar-refractivity contribution in [2.75, 3.05) is 23.8 Å². The van der Waals surface area contributed by atoms with Crippen molar-refractivity contribution in [2.45, 2.75) is 89.1 Å². The zero-order chi connectivity index (χ0) is 46.2. The minimum Gasteiger partial charge on any atom is -0.489 e. The molecule has 0 unspecified atom stereocenters. The molecule has 4 aliphatic carbocycles. The number of carboxylic acid groups (broad SMARTS) is 1. The second-order valence-electron chi connectivity index (χ2n) is 17.5. The maximum atomic E-state index is 14.4. The summed E-state index contributed by atoms with van der Waals surface area (Å²) in [7, 11) is -5.06. The van der Waals surface area contributed by atoms with Crippen molar-refractivity contribution in [3.05, 3.63) is 83.5 Å². The van der Waals surface area contributed by atoms with E-state index in [1.54, 1.807) is 60.7 Å². The number of ketones is 2. The van der Waals surface area contributed by atoms with E-state index in [9.17, 15) is 53.3 Å². The van der Waals surface area contributed by atoms with Gasteiger partial charge in [0.25, 0.3) is 0 Å². The number of carbonyl (C=O) groups is 6. The third kappa shape index (κ3) is 9.54. The number of benzene rings is 2. The van der Waals surface area contributed by atoms with Gasteiger partial charge < -0.3 is 50.2 Å². The average Bonchev–Trinajstić information content (AvgIpc) is 3.75. The van der Waals surface area contributed by atoms with E-state index in [1.165, 1.54) is 0 Å². The summed E-state index contributed by atoms with van der Waals surface area (Å²) in [4.78, 5) is 94.4. The molecule has 0 aromatic heterocycles. The van der Waals surface area contributed by atoms with Crippen LogP contribution in [-0.4, -0.2) is 97.6 Å². The molecule has 2 aromatic carbocycles. The number of Topliss-reactive ketones (excluding diaryl/α,β-unsaturated/α-hetero) is 1. The van der Waals surface area contributed by atoms with Gasteiger partial charge in [0.2, 0.25) is 17.7 Å². The van der Waals surface area contributed by atoms with Crippen LogP contribution in [0.15, 0.2) is 72.3 Å². The first-order valence-electron chi connectivity index (χ1n) is 20.9. The smallest absolute Gasteiger partial charge is 0.470 e. The van der Waals surface area contributed by atoms with Gasteiger partial charge in [-0.2, -0.15) is 0 Å². The topological polar surface area (TPSA) is 273 Å². The highest BCUT2D eigenvalue weighted by molar-refractivity contribution is 9.09. The number of carbonyl (C=O) groups excluding carboxylic acids is 5. The van der Waals surface area contributed by atoms with Crippen molar-refractivity contribution < 1.29 is 72.1 Å². The van der Waals surface area contributed by atoms with Gasteiger partial charge in [0.15, 0.2) is 23.5 Å². The standard InChI is InChI=1S/C44H51BrN3O15P/c1-42-14-13-28(49)16-26(42)9-10-30-31-18-35-44(34(51)23-61-64(57,58)59,43(31,2)19-33(50)39(30)42)63-41(62-35)25-6-3-5-24(15-25)22-60-29-8-4-7-27(17-29)47-40(56)32(11-12-38(54)55)48-37(53)21-46-36(52)20-45/h3-8,13-17,30-33,35,39,41,50H,9-12,18-23H2,1-2H3,(H,46,52)(H,47,56)(H,48,53)(H,54,55)(H2,57,58,59)/t30-,31-,32-,33-,35+,39+,41+,42-,43-,44+/m0/s1. The molecule has 1 heterocycles. The van der Waals surface area contributed by atoms with Crippen molar-refractivity contribution in [1.82, 2.24) is 10.6 Å². The molecule has 3 saturated carbocycles. The molecule has 0 bridgehead atoms. The lowest BCUT2D eigenvalue weighted by Crippen LogP contribution is -2.63. The van der Waals surface area contributed by atoms with Gasteiger partial charge in [-0.1, -0.05) is 65.7 Å². The fourth-order valence-corrected chi connectivity index (χ4v) is 11.3. The first-order valence-corrected chi connectivity index (χ1v) is 23.6. The van der Waals surface area contributed by atoms with E-state index in [1.807, 2.05) is 19.9 Å². The summed E-state index contributed by atoms with van der Waals surface area (Å²) in [5.41, 5.74) is -0.883. The highest BCUT2D eigenvalue weighted by atomic mass is 79.9. The Bertz CT molecular complexity index is 2320. The molecule has 64 heavy (non-hydrogen) atoms. The van der Waals surface area contributed by atoms with Gasteiger partial charge in [0.1, 0.15) is 25.0 Å². The Morgan fingerprint density at radius 2 is 1.83 bits per heavy atom. The predicted molar refractivity (Wildman–Crippen MR) is 229 cm³/mol. The number of rotatable bonds is 17. The van der Waals surface area contributed by atoms with Gasteiger partial charge >= 0.3 is 13.8 Å². The number of carboxylic acids is 1. The van der Waals surface area contributed by atoms with Gasteiger partial charge in [0.05, 0.1) is 24.1 Å². The summed E-state index contributed by atoms with van der Waals surface area (Å²) in [6.45, 7) is 2.59. The average molecular weight is 973 g/mol. The van der Waals surface area contributed by atoms with Gasteiger partial charge in [0, 0.05) is 40.5 Å². The minimum absolute atomic E-state index is 0.0287. The molecule has 18 nitrogen and oxygen atoms in total. The molecule has 3 amide bonds. The van der Waals surface area contributed by atoms with Crippen LogP contribution < -0.4 is 20.7 Å². The third-order valence-electron chi connectivity index (χ3n) is 13.6. The number of phosphoric acid groups is 1. The Morgan fingerprint density at radius 1 is 1.06 bits per heavy atom. The van der Waals surface area contributed by atoms with E-state index in [0.29, 0.717) is 41.8 Å². The van der Waals surface area contributed by atoms with E-state index in [2.05, 4.69) is 31.9 Å². The van der Waals surface area contributed by atoms with Crippen molar-refractivity contribution in [3.8, 4) is 5.75 Å². The van der Waals surface area contributed by atoms with Crippen LogP contribution >= 0.6 is 23.8 Å². The Morgan fingerprint density at radius 3 is 2.56 bits per heavy atom. The van der Waals surface area contributed by atoms with Crippen LogP contribution in [0.4, 0.5) is 5.69 Å². The summed E-state index contributed by atoms with van der Waals surface area (Å²) in [6, 6.07) is 12.3. The number of hydrogen-bond acceptors (Lipinski definition) is 12. The Hall–Kier alpha value is -4.59. The van der Waals surface area contributed by atoms with E-state index in [4.69, 9.17) is 18.7 Å². The number of hydrogen-bond donors (Lipinski definition) is 7. The number of aliphatic hydroxyl groups excluding tert-OH is 1. The van der Waals surface area contributed by atoms with Crippen LogP contribution in [0, 0.1) is 28.6 Å². The highest BCUT2D eigenvalue weighted by Crippen LogP contribution is 2.70. The molecule has 0 spiro atoms. The van der Waals surface area contributed by atoms with Gasteiger partial charge in [-0.05, 0) is 79.9 Å². The predicted octanol–water partition coefficient (Wildman–Crippen LogP) is 3.78. The number of ether oxygens (including phenoxy) is 3. The van der Waals surface area contributed by atoms with E-state index in [0.717, 1.165) is 5.57 Å². The van der Waals surface area contributed by atoms with Gasteiger partial charge in [-0.3, -0.25) is 33.3 Å². The molecule has 344 valence electrons. The summed E-state index contributed by atoms with van der Waals surface area (Å²) in [6.07, 6.45) is 3.41. The fourth-order valence-electron chi connectivity index (χ4n) is 10.9. The highest BCUT2D eigenvalue weighted by Gasteiger charge is 2.76. The quantitative estimate of drug-likeness (QED) is 0.0878. The molecular weight excluding hydrogens is 921 g/mol. The van der Waals surface area contributed by atoms with Crippen molar-refractivity contribution in [1.29, 1.82) is 0 Å². The number of fused-ring (bicyclic) bond motifs is 7. The van der Waals surface area contributed by atoms with Crippen molar-refractivity contribution >= 4 is 64.7 Å². The lowest BCUT2D eigenvalue weighted by atomic mass is 9.46. The van der Waals surface area contributed by atoms with Gasteiger partial charge in [-0.25, -0.2) is 4.57 Å². The lowest BCUT2D eigenvalue weighted by Gasteiger charge is -2.59. The number of amides is 3. The second kappa shape index (κ2) is 18.7. The monoisotopic (exact) mass is 971 g/mol. The third-order valence-corrected chi connectivity index (χ3v) is 14.6. The number of phosphoric ester groups is 1. The van der Waals surface area contributed by atoms with Crippen LogP contribution in [0.2, 0.25) is 0 Å². The van der Waals surface area contributed by atoms with E-state index < -0.39 is 97.8 Å². The lowest BCUT2D eigenvalue weighted by molar-refractivity contribution is -0.200. The largest absolute Gasteiger partial charge is 0.489 e. The normalized spacial score (nSPS) is 30.7. The van der Waals surface area contributed by atoms with Crippen molar-refractivity contribution in [2.24, 2.45) is 28.6 Å².